The first-order valence-electron chi connectivity index (χ1n) is 5.51. The van der Waals surface area contributed by atoms with Crippen LogP contribution in [0.25, 0.3) is 0 Å². The monoisotopic (exact) mass is 307 g/mol. The number of nitrogens with one attached hydrogen (secondary N) is 1. The second-order valence-corrected chi connectivity index (χ2v) is 6.01. The summed E-state index contributed by atoms with van der Waals surface area (Å²) in [5.74, 6) is 0. The summed E-state index contributed by atoms with van der Waals surface area (Å²) in [6.45, 7) is 0. The van der Waals surface area contributed by atoms with Crippen LogP contribution in [0.15, 0.2) is 47.4 Å². The number of benzene rings is 2. The zero-order chi connectivity index (χ0) is 14.8. The lowest BCUT2D eigenvalue weighted by Gasteiger charge is -2.10. The number of sulfonamides is 1. The van der Waals surface area contributed by atoms with Gasteiger partial charge in [-0.1, -0.05) is 23.7 Å². The topological polar surface area (TPSA) is 96.0 Å². The SMILES string of the molecule is N#Cc1ccc(NS(=O)(=O)c2ccccc2N)cc1Cl. The number of para-hydroxylation sites is 1. The smallest absolute Gasteiger partial charge is 0.263 e. The molecule has 0 aromatic heterocycles. The van der Waals surface area contributed by atoms with E-state index in [0.717, 1.165) is 0 Å². The van der Waals surface area contributed by atoms with E-state index in [2.05, 4.69) is 4.72 Å². The fourth-order valence-corrected chi connectivity index (χ4v) is 3.01. The minimum absolute atomic E-state index is 0.0134. The molecular formula is C13H10ClN3O2S. The van der Waals surface area contributed by atoms with E-state index in [9.17, 15) is 8.42 Å². The van der Waals surface area contributed by atoms with Crippen molar-refractivity contribution in [2.75, 3.05) is 10.5 Å². The largest absolute Gasteiger partial charge is 0.398 e. The van der Waals surface area contributed by atoms with Crippen LogP contribution in [-0.4, -0.2) is 8.42 Å². The molecule has 0 aliphatic carbocycles. The average Bonchev–Trinajstić information content (AvgIpc) is 2.38. The van der Waals surface area contributed by atoms with Crippen molar-refractivity contribution in [2.24, 2.45) is 0 Å². The van der Waals surface area contributed by atoms with Crippen molar-refractivity contribution in [2.45, 2.75) is 4.90 Å². The number of nitrogens with zero attached hydrogens (tertiary/aromatic N) is 1. The number of nitrogens with two attached hydrogens (primary N) is 1. The van der Waals surface area contributed by atoms with Crippen molar-refractivity contribution in [3.05, 3.63) is 53.1 Å². The number of hydrogen-bond acceptors (Lipinski definition) is 4. The summed E-state index contributed by atoms with van der Waals surface area (Å²) in [4.78, 5) is -0.0134. The van der Waals surface area contributed by atoms with Gasteiger partial charge in [0.05, 0.1) is 22.0 Å². The molecule has 0 saturated heterocycles. The van der Waals surface area contributed by atoms with E-state index in [-0.39, 0.29) is 26.9 Å². The van der Waals surface area contributed by atoms with Gasteiger partial charge >= 0.3 is 0 Å². The molecule has 20 heavy (non-hydrogen) atoms. The Morgan fingerprint density at radius 1 is 1.20 bits per heavy atom. The van der Waals surface area contributed by atoms with Gasteiger partial charge in [-0.05, 0) is 30.3 Å². The Morgan fingerprint density at radius 3 is 2.50 bits per heavy atom. The fourth-order valence-electron chi connectivity index (χ4n) is 1.60. The molecule has 102 valence electrons. The molecule has 2 aromatic carbocycles. The molecule has 7 heteroatoms. The van der Waals surface area contributed by atoms with E-state index in [0.29, 0.717) is 0 Å². The summed E-state index contributed by atoms with van der Waals surface area (Å²) in [5.41, 5.74) is 6.33. The zero-order valence-corrected chi connectivity index (χ0v) is 11.7. The van der Waals surface area contributed by atoms with E-state index in [1.165, 1.54) is 30.3 Å². The third-order valence-electron chi connectivity index (χ3n) is 2.55. The molecule has 0 amide bonds. The second kappa shape index (κ2) is 5.41. The molecule has 2 rings (SSSR count). The maximum atomic E-state index is 12.2. The lowest BCUT2D eigenvalue weighted by Crippen LogP contribution is -2.14. The van der Waals surface area contributed by atoms with Crippen LogP contribution in [0.2, 0.25) is 5.02 Å². The van der Waals surface area contributed by atoms with Crippen LogP contribution in [0.4, 0.5) is 11.4 Å². The van der Waals surface area contributed by atoms with E-state index >= 15 is 0 Å². The molecule has 2 aromatic rings. The Kier molecular flexibility index (Phi) is 3.84. The average molecular weight is 308 g/mol. The van der Waals surface area contributed by atoms with Crippen LogP contribution in [0.5, 0.6) is 0 Å². The standard InChI is InChI=1S/C13H10ClN3O2S/c14-11-7-10(6-5-9(11)8-15)17-20(18,19)13-4-2-1-3-12(13)16/h1-7,17H,16H2. The second-order valence-electron chi connectivity index (χ2n) is 3.95. The number of rotatable bonds is 3. The third-order valence-corrected chi connectivity index (χ3v) is 4.32. The quantitative estimate of drug-likeness (QED) is 0.852. The molecule has 0 atom stereocenters. The Morgan fingerprint density at radius 2 is 1.90 bits per heavy atom. The van der Waals surface area contributed by atoms with Gasteiger partial charge in [0, 0.05) is 0 Å². The highest BCUT2D eigenvalue weighted by Crippen LogP contribution is 2.24. The fraction of sp³-hybridized carbons (Fsp3) is 0. The summed E-state index contributed by atoms with van der Waals surface area (Å²) in [7, 11) is -3.80. The first kappa shape index (κ1) is 14.2. The van der Waals surface area contributed by atoms with Gasteiger partial charge in [0.15, 0.2) is 0 Å². The number of nitrogen functional groups attached to an aromatic ring is 1. The minimum atomic E-state index is -3.80. The molecular weight excluding hydrogens is 298 g/mol. The predicted molar refractivity (Wildman–Crippen MR) is 77.8 cm³/mol. The Bertz CT molecular complexity index is 798. The summed E-state index contributed by atoms with van der Waals surface area (Å²) in [6.07, 6.45) is 0. The molecule has 0 fully saturated rings. The summed E-state index contributed by atoms with van der Waals surface area (Å²) >= 11 is 5.85. The van der Waals surface area contributed by atoms with Crippen molar-refractivity contribution in [3.8, 4) is 6.07 Å². The molecule has 0 saturated carbocycles. The third kappa shape index (κ3) is 2.85. The van der Waals surface area contributed by atoms with E-state index < -0.39 is 10.0 Å². The van der Waals surface area contributed by atoms with Crippen LogP contribution in [0, 0.1) is 11.3 Å². The van der Waals surface area contributed by atoms with Crippen LogP contribution >= 0.6 is 11.6 Å². The van der Waals surface area contributed by atoms with Gasteiger partial charge in [-0.15, -0.1) is 0 Å². The molecule has 0 spiro atoms. The Hall–Kier alpha value is -2.23. The number of hydrogen-bond donors (Lipinski definition) is 2. The van der Waals surface area contributed by atoms with Gasteiger partial charge in [-0.2, -0.15) is 5.26 Å². The molecule has 0 unspecified atom stereocenters. The lowest BCUT2D eigenvalue weighted by molar-refractivity contribution is 0.601. The molecule has 3 N–H and O–H groups in total. The maximum Gasteiger partial charge on any atom is 0.263 e. The van der Waals surface area contributed by atoms with Gasteiger partial charge in [0.25, 0.3) is 10.0 Å². The first-order valence-corrected chi connectivity index (χ1v) is 7.37. The lowest BCUT2D eigenvalue weighted by atomic mass is 10.2. The predicted octanol–water partition coefficient (Wildman–Crippen LogP) is 2.59. The van der Waals surface area contributed by atoms with E-state index in [1.807, 2.05) is 6.07 Å². The van der Waals surface area contributed by atoms with Crippen molar-refractivity contribution < 1.29 is 8.42 Å². The van der Waals surface area contributed by atoms with Crippen molar-refractivity contribution >= 4 is 33.0 Å². The van der Waals surface area contributed by atoms with E-state index in [1.54, 1.807) is 12.1 Å². The van der Waals surface area contributed by atoms with Crippen LogP contribution in [0.1, 0.15) is 5.56 Å². The number of anilines is 2. The number of nitriles is 1. The first-order chi connectivity index (χ1) is 9.44. The normalized spacial score (nSPS) is 10.8. The summed E-state index contributed by atoms with van der Waals surface area (Å²) in [6, 6.07) is 12.3. The van der Waals surface area contributed by atoms with Crippen molar-refractivity contribution in [1.29, 1.82) is 5.26 Å². The van der Waals surface area contributed by atoms with Gasteiger partial charge in [-0.25, -0.2) is 8.42 Å². The van der Waals surface area contributed by atoms with Crippen molar-refractivity contribution in [3.63, 3.8) is 0 Å². The summed E-state index contributed by atoms with van der Waals surface area (Å²) < 4.78 is 26.7. The minimum Gasteiger partial charge on any atom is -0.398 e. The molecule has 0 aliphatic heterocycles. The Balaban J connectivity index is 2.37. The van der Waals surface area contributed by atoms with Crippen LogP contribution in [0.3, 0.4) is 0 Å². The van der Waals surface area contributed by atoms with Crippen LogP contribution < -0.4 is 10.5 Å². The summed E-state index contributed by atoms with van der Waals surface area (Å²) in [5, 5.41) is 8.94. The van der Waals surface area contributed by atoms with Gasteiger partial charge in [0.1, 0.15) is 11.0 Å². The highest BCUT2D eigenvalue weighted by atomic mass is 35.5. The van der Waals surface area contributed by atoms with E-state index in [4.69, 9.17) is 22.6 Å². The molecule has 0 radical (unpaired) electrons. The molecule has 0 aliphatic rings. The molecule has 0 bridgehead atoms. The maximum absolute atomic E-state index is 12.2. The van der Waals surface area contributed by atoms with Gasteiger partial charge in [-0.3, -0.25) is 4.72 Å². The van der Waals surface area contributed by atoms with Gasteiger partial charge < -0.3 is 5.73 Å². The van der Waals surface area contributed by atoms with Crippen molar-refractivity contribution in [1.82, 2.24) is 0 Å². The van der Waals surface area contributed by atoms with Crippen LogP contribution in [-0.2, 0) is 10.0 Å². The highest BCUT2D eigenvalue weighted by molar-refractivity contribution is 7.92. The van der Waals surface area contributed by atoms with Gasteiger partial charge in [0.2, 0.25) is 0 Å². The number of halogens is 1. The molecule has 5 nitrogen and oxygen atoms in total. The zero-order valence-electron chi connectivity index (χ0n) is 10.2. The Labute approximate surface area is 121 Å². The highest BCUT2D eigenvalue weighted by Gasteiger charge is 2.17. The molecule has 0 heterocycles.